The normalized spacial score (nSPS) is 11.8. The molecule has 0 amide bonds. The van der Waals surface area contributed by atoms with E-state index in [2.05, 4.69) is 5.10 Å². The topological polar surface area (TPSA) is 17.8 Å². The second kappa shape index (κ2) is 5.21. The molecule has 0 fully saturated rings. The summed E-state index contributed by atoms with van der Waals surface area (Å²) in [5.41, 5.74) is -0.417. The van der Waals surface area contributed by atoms with Crippen LogP contribution in [0.3, 0.4) is 0 Å². The Bertz CT molecular complexity index is 560. The summed E-state index contributed by atoms with van der Waals surface area (Å²) in [6.07, 6.45) is -3.43. The summed E-state index contributed by atoms with van der Waals surface area (Å²) >= 11 is 5.47. The Hall–Kier alpha value is -1.56. The Labute approximate surface area is 111 Å². The molecule has 0 atom stereocenters. The highest BCUT2D eigenvalue weighted by atomic mass is 35.5. The SMILES string of the molecule is Fc1ccc(Cn2ncc(CCl)c2C(F)(F)F)cc1. The van der Waals surface area contributed by atoms with Gasteiger partial charge in [0.15, 0.2) is 0 Å². The van der Waals surface area contributed by atoms with Gasteiger partial charge in [0.25, 0.3) is 0 Å². The number of hydrogen-bond donors (Lipinski definition) is 0. The predicted molar refractivity (Wildman–Crippen MR) is 62.3 cm³/mol. The molecule has 1 aromatic carbocycles. The number of benzene rings is 1. The second-order valence-corrected chi connectivity index (χ2v) is 4.20. The molecule has 0 N–H and O–H groups in total. The minimum Gasteiger partial charge on any atom is -0.256 e. The van der Waals surface area contributed by atoms with E-state index in [1.165, 1.54) is 24.3 Å². The molecule has 2 rings (SSSR count). The smallest absolute Gasteiger partial charge is 0.256 e. The van der Waals surface area contributed by atoms with Crippen LogP contribution < -0.4 is 0 Å². The van der Waals surface area contributed by atoms with E-state index in [0.29, 0.717) is 5.56 Å². The van der Waals surface area contributed by atoms with Gasteiger partial charge in [0.2, 0.25) is 0 Å². The van der Waals surface area contributed by atoms with Crippen LogP contribution in [-0.4, -0.2) is 9.78 Å². The lowest BCUT2D eigenvalue weighted by molar-refractivity contribution is -0.144. The molecule has 0 saturated heterocycles. The summed E-state index contributed by atoms with van der Waals surface area (Å²) < 4.78 is 52.3. The van der Waals surface area contributed by atoms with Gasteiger partial charge in [-0.3, -0.25) is 4.68 Å². The Morgan fingerprint density at radius 2 is 1.79 bits per heavy atom. The Morgan fingerprint density at radius 1 is 1.16 bits per heavy atom. The van der Waals surface area contributed by atoms with Crippen LogP contribution in [0.1, 0.15) is 16.8 Å². The zero-order chi connectivity index (χ0) is 14.0. The van der Waals surface area contributed by atoms with Gasteiger partial charge in [-0.15, -0.1) is 11.6 Å². The molecule has 102 valence electrons. The maximum atomic E-state index is 12.9. The summed E-state index contributed by atoms with van der Waals surface area (Å²) in [5.74, 6) is -0.708. The molecule has 0 spiro atoms. The minimum atomic E-state index is -4.53. The lowest BCUT2D eigenvalue weighted by Gasteiger charge is -2.12. The first-order valence-corrected chi connectivity index (χ1v) is 5.87. The van der Waals surface area contributed by atoms with Gasteiger partial charge in [0.05, 0.1) is 18.6 Å². The van der Waals surface area contributed by atoms with E-state index < -0.39 is 17.7 Å². The zero-order valence-electron chi connectivity index (χ0n) is 9.59. The van der Waals surface area contributed by atoms with Crippen LogP contribution >= 0.6 is 11.6 Å². The second-order valence-electron chi connectivity index (χ2n) is 3.93. The van der Waals surface area contributed by atoms with Crippen LogP contribution in [0.15, 0.2) is 30.5 Å². The third kappa shape index (κ3) is 3.07. The number of alkyl halides is 4. The summed E-state index contributed by atoms with van der Waals surface area (Å²) in [6.45, 7) is -0.0913. The molecule has 0 aliphatic rings. The van der Waals surface area contributed by atoms with Gasteiger partial charge in [-0.2, -0.15) is 18.3 Å². The van der Waals surface area contributed by atoms with E-state index in [1.54, 1.807) is 0 Å². The molecule has 0 aliphatic heterocycles. The largest absolute Gasteiger partial charge is 0.433 e. The fourth-order valence-electron chi connectivity index (χ4n) is 1.73. The molecule has 0 radical (unpaired) electrons. The van der Waals surface area contributed by atoms with Gasteiger partial charge < -0.3 is 0 Å². The molecule has 0 bridgehead atoms. The number of hydrogen-bond acceptors (Lipinski definition) is 1. The van der Waals surface area contributed by atoms with Crippen molar-refractivity contribution in [3.63, 3.8) is 0 Å². The molecule has 1 aromatic heterocycles. The summed E-state index contributed by atoms with van der Waals surface area (Å²) in [5, 5.41) is 3.69. The first-order valence-electron chi connectivity index (χ1n) is 5.34. The van der Waals surface area contributed by atoms with Gasteiger partial charge >= 0.3 is 6.18 Å². The predicted octanol–water partition coefficient (Wildman–Crippen LogP) is 3.83. The highest BCUT2D eigenvalue weighted by Crippen LogP contribution is 2.33. The van der Waals surface area contributed by atoms with Crippen molar-refractivity contribution in [2.24, 2.45) is 0 Å². The van der Waals surface area contributed by atoms with Crippen molar-refractivity contribution < 1.29 is 17.6 Å². The van der Waals surface area contributed by atoms with Gasteiger partial charge in [-0.25, -0.2) is 4.39 Å². The van der Waals surface area contributed by atoms with Crippen molar-refractivity contribution in [3.8, 4) is 0 Å². The highest BCUT2D eigenvalue weighted by Gasteiger charge is 2.37. The van der Waals surface area contributed by atoms with Crippen molar-refractivity contribution >= 4 is 11.6 Å². The first-order chi connectivity index (χ1) is 8.91. The summed E-state index contributed by atoms with van der Waals surface area (Å²) in [4.78, 5) is 0. The summed E-state index contributed by atoms with van der Waals surface area (Å²) in [7, 11) is 0. The van der Waals surface area contributed by atoms with Crippen LogP contribution in [0.2, 0.25) is 0 Å². The third-order valence-electron chi connectivity index (χ3n) is 2.57. The number of rotatable bonds is 3. The molecular weight excluding hydrogens is 284 g/mol. The van der Waals surface area contributed by atoms with Crippen LogP contribution in [0.5, 0.6) is 0 Å². The van der Waals surface area contributed by atoms with Crippen LogP contribution in [-0.2, 0) is 18.6 Å². The standard InChI is InChI=1S/C12H9ClF4N2/c13-5-9-6-18-19(11(9)12(15,16)17)7-8-1-3-10(14)4-2-8/h1-4,6H,5,7H2. The zero-order valence-corrected chi connectivity index (χ0v) is 10.3. The molecule has 0 aliphatic carbocycles. The Morgan fingerprint density at radius 3 is 2.32 bits per heavy atom. The molecule has 19 heavy (non-hydrogen) atoms. The lowest BCUT2D eigenvalue weighted by atomic mass is 10.2. The lowest BCUT2D eigenvalue weighted by Crippen LogP contribution is -2.17. The Kier molecular flexibility index (Phi) is 3.80. The van der Waals surface area contributed by atoms with E-state index in [-0.39, 0.29) is 18.0 Å². The quantitative estimate of drug-likeness (QED) is 0.621. The average Bonchev–Trinajstić information content (AvgIpc) is 2.75. The van der Waals surface area contributed by atoms with Crippen molar-refractivity contribution in [1.82, 2.24) is 9.78 Å². The summed E-state index contributed by atoms with van der Waals surface area (Å²) in [6, 6.07) is 5.21. The number of nitrogens with zero attached hydrogens (tertiary/aromatic N) is 2. The van der Waals surface area contributed by atoms with Crippen LogP contribution in [0, 0.1) is 5.82 Å². The minimum absolute atomic E-state index is 0.0729. The number of halogens is 5. The molecule has 7 heteroatoms. The molecule has 0 saturated carbocycles. The van der Waals surface area contributed by atoms with Gasteiger partial charge in [0, 0.05) is 5.56 Å². The van der Waals surface area contributed by atoms with Crippen LogP contribution in [0.25, 0.3) is 0 Å². The average molecular weight is 293 g/mol. The first kappa shape index (κ1) is 13.9. The maximum absolute atomic E-state index is 12.9. The van der Waals surface area contributed by atoms with E-state index in [4.69, 9.17) is 11.6 Å². The molecular formula is C12H9ClF4N2. The molecule has 1 heterocycles. The third-order valence-corrected chi connectivity index (χ3v) is 2.86. The van der Waals surface area contributed by atoms with E-state index in [0.717, 1.165) is 10.9 Å². The fourth-order valence-corrected chi connectivity index (χ4v) is 1.93. The molecule has 2 nitrogen and oxygen atoms in total. The number of aromatic nitrogens is 2. The Balaban J connectivity index is 2.35. The van der Waals surface area contributed by atoms with Crippen molar-refractivity contribution in [3.05, 3.63) is 53.1 Å². The molecule has 2 aromatic rings. The van der Waals surface area contributed by atoms with E-state index >= 15 is 0 Å². The monoisotopic (exact) mass is 292 g/mol. The van der Waals surface area contributed by atoms with Gasteiger partial charge in [-0.1, -0.05) is 12.1 Å². The van der Waals surface area contributed by atoms with Crippen molar-refractivity contribution in [2.75, 3.05) is 0 Å². The van der Waals surface area contributed by atoms with E-state index in [9.17, 15) is 17.6 Å². The maximum Gasteiger partial charge on any atom is 0.433 e. The van der Waals surface area contributed by atoms with Crippen molar-refractivity contribution in [2.45, 2.75) is 18.6 Å². The van der Waals surface area contributed by atoms with E-state index in [1.807, 2.05) is 0 Å². The van der Waals surface area contributed by atoms with Gasteiger partial charge in [0.1, 0.15) is 11.5 Å². The highest BCUT2D eigenvalue weighted by molar-refractivity contribution is 6.17. The fraction of sp³-hybridized carbons (Fsp3) is 0.250. The van der Waals surface area contributed by atoms with Gasteiger partial charge in [-0.05, 0) is 17.7 Å². The molecule has 0 unspecified atom stereocenters. The van der Waals surface area contributed by atoms with Crippen molar-refractivity contribution in [1.29, 1.82) is 0 Å². The van der Waals surface area contributed by atoms with Crippen LogP contribution in [0.4, 0.5) is 17.6 Å².